The fourth-order valence-corrected chi connectivity index (χ4v) is 2.77. The number of hydrogen-bond acceptors (Lipinski definition) is 6. The molecule has 3 aromatic rings. The number of benzene rings is 2. The molecule has 0 spiro atoms. The van der Waals surface area contributed by atoms with Gasteiger partial charge >= 0.3 is 26.2 Å². The molecule has 164 valence electrons. The molecule has 1 aromatic heterocycles. The molecule has 33 heavy (non-hydrogen) atoms. The van der Waals surface area contributed by atoms with E-state index in [0.29, 0.717) is 44.0 Å². The van der Waals surface area contributed by atoms with Crippen LogP contribution in [-0.4, -0.2) is 54.4 Å². The maximum absolute atomic E-state index is 12.2. The van der Waals surface area contributed by atoms with Gasteiger partial charge < -0.3 is 5.11 Å². The van der Waals surface area contributed by atoms with Crippen molar-refractivity contribution >= 4 is 72.6 Å². The van der Waals surface area contributed by atoms with Crippen molar-refractivity contribution in [2.45, 2.75) is 13.8 Å². The molecule has 0 atom stereocenters. The number of amides is 1. The molecule has 1 heterocycles. The van der Waals surface area contributed by atoms with Crippen LogP contribution in [0.15, 0.2) is 82.0 Å². The summed E-state index contributed by atoms with van der Waals surface area (Å²) in [5, 5.41) is 25.1. The Balaban J connectivity index is 0.00000385. The second-order valence-electron chi connectivity index (χ2n) is 6.65. The maximum atomic E-state index is 12.2. The zero-order valence-electron chi connectivity index (χ0n) is 17.7. The molecule has 0 aliphatic carbocycles. The van der Waals surface area contributed by atoms with Gasteiger partial charge in [-0.3, -0.25) is 4.79 Å². The van der Waals surface area contributed by atoms with Crippen LogP contribution in [0, 0.1) is 0 Å². The Morgan fingerprint density at radius 1 is 0.818 bits per heavy atom. The molecule has 0 aliphatic rings. The first kappa shape index (κ1) is 26.6. The van der Waals surface area contributed by atoms with Gasteiger partial charge in [0.25, 0.3) is 5.91 Å². The van der Waals surface area contributed by atoms with Crippen molar-refractivity contribution in [3.8, 4) is 0 Å². The standard InChI is InChI=1S/C23H19Cl2N5O2.Bi/c1-14(27-29-22(31)16-6-10-18(24)11-7-16)20-4-3-5-21(26-20)15(2)28-30-23(32)17-8-12-19(25)13-9-17;/h3-13H,1-2H3,(H,29,31)(H,30,32);/q;+3/p-1/b27-14+,28-15+;. The maximum Gasteiger partial charge on any atom is 3.00 e. The second-order valence-corrected chi connectivity index (χ2v) is 7.52. The number of carbonyl (C=O) groups is 1. The average Bonchev–Trinajstić information content (AvgIpc) is 2.81. The topological polar surface area (TPSA) is 102 Å². The number of aromatic nitrogens is 1. The van der Waals surface area contributed by atoms with E-state index in [1.54, 1.807) is 80.6 Å². The van der Waals surface area contributed by atoms with Gasteiger partial charge in [0.1, 0.15) is 0 Å². The Morgan fingerprint density at radius 2 is 1.33 bits per heavy atom. The van der Waals surface area contributed by atoms with Crippen molar-refractivity contribution in [2.24, 2.45) is 15.3 Å². The summed E-state index contributed by atoms with van der Waals surface area (Å²) in [6.07, 6.45) is 0. The molecular weight excluding hydrogens is 658 g/mol. The second kappa shape index (κ2) is 12.5. The third-order valence-electron chi connectivity index (χ3n) is 4.30. The van der Waals surface area contributed by atoms with Gasteiger partial charge in [-0.25, -0.2) is 10.4 Å². The van der Waals surface area contributed by atoms with Crippen molar-refractivity contribution in [2.75, 3.05) is 0 Å². The number of hydrazone groups is 1. The van der Waals surface area contributed by atoms with Crippen LogP contribution in [0.1, 0.15) is 41.2 Å². The molecule has 0 aliphatic heterocycles. The minimum Gasteiger partial charge on any atom is -0.857 e. The van der Waals surface area contributed by atoms with E-state index in [-0.39, 0.29) is 32.1 Å². The Bertz CT molecular complexity index is 1210. The van der Waals surface area contributed by atoms with Crippen molar-refractivity contribution in [3.05, 3.63) is 99.3 Å². The van der Waals surface area contributed by atoms with Gasteiger partial charge in [0.2, 0.25) is 0 Å². The Hall–Kier alpha value is -2.67. The van der Waals surface area contributed by atoms with Crippen molar-refractivity contribution < 1.29 is 9.90 Å². The summed E-state index contributed by atoms with van der Waals surface area (Å²) in [4.78, 5) is 16.7. The quantitative estimate of drug-likeness (QED) is 0.187. The molecule has 10 heteroatoms. The SMILES string of the molecule is C/C(=N\N=C(/[O-])c1ccc(Cl)cc1)c1cccc(/C(C)=N/NC(=O)c2ccc(Cl)cc2)n1.[Bi+3]. The first-order valence-electron chi connectivity index (χ1n) is 9.46. The van der Waals surface area contributed by atoms with Crippen LogP contribution >= 0.6 is 23.2 Å². The molecular formula is C23H18BiCl2N5O2+2. The van der Waals surface area contributed by atoms with Gasteiger partial charge in [0.05, 0.1) is 22.8 Å². The summed E-state index contributed by atoms with van der Waals surface area (Å²) in [6.45, 7) is 3.41. The largest absolute Gasteiger partial charge is 3.00 e. The summed E-state index contributed by atoms with van der Waals surface area (Å²) in [5.41, 5.74) is 5.31. The minimum absolute atomic E-state index is 0. The fourth-order valence-electron chi connectivity index (χ4n) is 2.52. The molecule has 2 radical (unpaired) electrons. The number of rotatable bonds is 6. The van der Waals surface area contributed by atoms with E-state index in [2.05, 4.69) is 25.7 Å². The van der Waals surface area contributed by atoms with Crippen LogP contribution in [0.3, 0.4) is 0 Å². The van der Waals surface area contributed by atoms with E-state index in [1.165, 1.54) is 0 Å². The van der Waals surface area contributed by atoms with E-state index < -0.39 is 5.90 Å². The number of pyridine rings is 1. The zero-order chi connectivity index (χ0) is 23.1. The molecule has 0 fully saturated rings. The predicted octanol–water partition coefficient (Wildman–Crippen LogP) is 3.69. The third kappa shape index (κ3) is 7.70. The number of halogens is 2. The van der Waals surface area contributed by atoms with Crippen molar-refractivity contribution in [3.63, 3.8) is 0 Å². The molecule has 1 N–H and O–H groups in total. The molecule has 3 rings (SSSR count). The van der Waals surface area contributed by atoms with E-state index in [9.17, 15) is 9.90 Å². The first-order chi connectivity index (χ1) is 15.3. The van der Waals surface area contributed by atoms with Gasteiger partial charge in [0.15, 0.2) is 0 Å². The van der Waals surface area contributed by atoms with Gasteiger partial charge in [-0.05, 0) is 67.9 Å². The molecule has 0 saturated carbocycles. The Morgan fingerprint density at radius 3 is 1.91 bits per heavy atom. The molecule has 7 nitrogen and oxygen atoms in total. The summed E-state index contributed by atoms with van der Waals surface area (Å²) in [7, 11) is 0. The Labute approximate surface area is 220 Å². The van der Waals surface area contributed by atoms with Gasteiger partial charge in [0, 0.05) is 21.5 Å². The summed E-state index contributed by atoms with van der Waals surface area (Å²) in [5.74, 6) is -0.853. The molecule has 0 saturated heterocycles. The zero-order valence-corrected chi connectivity index (χ0v) is 22.6. The summed E-state index contributed by atoms with van der Waals surface area (Å²) < 4.78 is 0. The monoisotopic (exact) mass is 675 g/mol. The van der Waals surface area contributed by atoms with Crippen LogP contribution in [-0.2, 0) is 0 Å². The average molecular weight is 676 g/mol. The van der Waals surface area contributed by atoms with Crippen LogP contribution in [0.2, 0.25) is 10.0 Å². The van der Waals surface area contributed by atoms with E-state index in [0.717, 1.165) is 0 Å². The number of hydrogen-bond donors (Lipinski definition) is 1. The molecule has 2 aromatic carbocycles. The Kier molecular flexibility index (Phi) is 10.1. The van der Waals surface area contributed by atoms with Crippen LogP contribution < -0.4 is 10.5 Å². The van der Waals surface area contributed by atoms with Crippen molar-refractivity contribution in [1.29, 1.82) is 0 Å². The van der Waals surface area contributed by atoms with E-state index in [1.807, 2.05) is 0 Å². The minimum atomic E-state index is -0.486. The van der Waals surface area contributed by atoms with E-state index in [4.69, 9.17) is 23.2 Å². The number of nitrogens with zero attached hydrogens (tertiary/aromatic N) is 4. The van der Waals surface area contributed by atoms with Gasteiger partial charge in [-0.2, -0.15) is 15.3 Å². The molecule has 1 amide bonds. The smallest absolute Gasteiger partial charge is 0.857 e. The summed E-state index contributed by atoms with van der Waals surface area (Å²) in [6, 6.07) is 18.1. The summed E-state index contributed by atoms with van der Waals surface area (Å²) >= 11 is 11.7. The number of nitrogens with one attached hydrogen (secondary N) is 1. The van der Waals surface area contributed by atoms with Crippen molar-refractivity contribution in [1.82, 2.24) is 10.4 Å². The predicted molar refractivity (Wildman–Crippen MR) is 131 cm³/mol. The molecule has 0 bridgehead atoms. The van der Waals surface area contributed by atoms with Crippen LogP contribution in [0.5, 0.6) is 0 Å². The first-order valence-corrected chi connectivity index (χ1v) is 10.2. The van der Waals surface area contributed by atoms with Crippen LogP contribution in [0.4, 0.5) is 0 Å². The van der Waals surface area contributed by atoms with E-state index >= 15 is 0 Å². The normalized spacial score (nSPS) is 12.2. The number of carbonyl (C=O) groups excluding carboxylic acids is 1. The molecule has 0 unspecified atom stereocenters. The van der Waals surface area contributed by atoms with Crippen LogP contribution in [0.25, 0.3) is 0 Å². The van der Waals surface area contributed by atoms with Gasteiger partial charge in [-0.1, -0.05) is 41.4 Å². The van der Waals surface area contributed by atoms with Gasteiger partial charge in [-0.15, -0.1) is 0 Å². The third-order valence-corrected chi connectivity index (χ3v) is 4.81. The fraction of sp³-hybridized carbons (Fsp3) is 0.0870.